The smallest absolute Gasteiger partial charge is 0.0624 e. The average molecular weight is 187 g/mol. The van der Waals surface area contributed by atoms with E-state index in [-0.39, 0.29) is 0 Å². The third-order valence-electron chi connectivity index (χ3n) is 2.41. The maximum Gasteiger partial charge on any atom is 0.0624 e. The highest BCUT2D eigenvalue weighted by molar-refractivity contribution is 4.76. The summed E-state index contributed by atoms with van der Waals surface area (Å²) < 4.78 is 5.62. The van der Waals surface area contributed by atoms with Gasteiger partial charge in [-0.3, -0.25) is 0 Å². The Morgan fingerprint density at radius 2 is 2.00 bits per heavy atom. The Kier molecular flexibility index (Phi) is 7.29. The quantitative estimate of drug-likeness (QED) is 0.658. The third kappa shape index (κ3) is 4.63. The van der Waals surface area contributed by atoms with Gasteiger partial charge in [0.05, 0.1) is 6.10 Å². The van der Waals surface area contributed by atoms with Gasteiger partial charge in [-0.2, -0.15) is 0 Å². The first-order chi connectivity index (χ1) is 6.24. The molecule has 80 valence electrons. The molecule has 0 aliphatic carbocycles. The van der Waals surface area contributed by atoms with Crippen LogP contribution in [0.3, 0.4) is 0 Å². The molecule has 1 aliphatic heterocycles. The van der Waals surface area contributed by atoms with E-state index < -0.39 is 0 Å². The molecule has 0 amide bonds. The van der Waals surface area contributed by atoms with Crippen molar-refractivity contribution in [2.75, 3.05) is 26.7 Å². The molecule has 0 N–H and O–H groups in total. The summed E-state index contributed by atoms with van der Waals surface area (Å²) in [6.07, 6.45) is 1.71. The molecule has 0 spiro atoms. The summed E-state index contributed by atoms with van der Waals surface area (Å²) in [6.45, 7) is 11.6. The van der Waals surface area contributed by atoms with Gasteiger partial charge in [0.1, 0.15) is 0 Å². The predicted octanol–water partition coefficient (Wildman–Crippen LogP) is 2.39. The van der Waals surface area contributed by atoms with E-state index in [1.807, 2.05) is 13.8 Å². The fraction of sp³-hybridized carbons (Fsp3) is 1.00. The van der Waals surface area contributed by atoms with E-state index in [9.17, 15) is 0 Å². The zero-order valence-electron chi connectivity index (χ0n) is 9.84. The van der Waals surface area contributed by atoms with E-state index in [1.165, 1.54) is 19.5 Å². The van der Waals surface area contributed by atoms with Crippen LogP contribution in [-0.2, 0) is 4.74 Å². The molecule has 2 atom stereocenters. The first-order valence-corrected chi connectivity index (χ1v) is 5.54. The molecule has 2 nitrogen and oxygen atoms in total. The lowest BCUT2D eigenvalue weighted by molar-refractivity contribution is -0.0166. The Labute approximate surface area is 83.3 Å². The zero-order chi connectivity index (χ0) is 10.3. The first-order valence-electron chi connectivity index (χ1n) is 5.54. The number of rotatable bonds is 2. The van der Waals surface area contributed by atoms with Gasteiger partial charge in [0.25, 0.3) is 0 Å². The van der Waals surface area contributed by atoms with Crippen LogP contribution in [-0.4, -0.2) is 37.7 Å². The van der Waals surface area contributed by atoms with Crippen molar-refractivity contribution in [3.63, 3.8) is 0 Å². The fourth-order valence-electron chi connectivity index (χ4n) is 1.79. The van der Waals surface area contributed by atoms with Crippen molar-refractivity contribution >= 4 is 0 Å². The minimum absolute atomic E-state index is 0.510. The second-order valence-electron chi connectivity index (χ2n) is 3.52. The van der Waals surface area contributed by atoms with Crippen LogP contribution in [0.5, 0.6) is 0 Å². The van der Waals surface area contributed by atoms with Crippen LogP contribution in [0, 0.1) is 5.92 Å². The summed E-state index contributed by atoms with van der Waals surface area (Å²) in [6, 6.07) is 0. The molecule has 1 saturated heterocycles. The number of piperidine rings is 1. The zero-order valence-corrected chi connectivity index (χ0v) is 9.84. The van der Waals surface area contributed by atoms with Crippen molar-refractivity contribution in [3.8, 4) is 0 Å². The fourth-order valence-corrected chi connectivity index (χ4v) is 1.79. The number of hydrogen-bond donors (Lipinski definition) is 0. The van der Waals surface area contributed by atoms with Crippen molar-refractivity contribution in [2.45, 2.75) is 40.2 Å². The molecule has 13 heavy (non-hydrogen) atoms. The van der Waals surface area contributed by atoms with Crippen LogP contribution in [0.2, 0.25) is 0 Å². The van der Waals surface area contributed by atoms with Gasteiger partial charge >= 0.3 is 0 Å². The maximum absolute atomic E-state index is 5.62. The highest BCUT2D eigenvalue weighted by Gasteiger charge is 2.23. The minimum Gasteiger partial charge on any atom is -0.378 e. The van der Waals surface area contributed by atoms with E-state index in [4.69, 9.17) is 4.74 Å². The highest BCUT2D eigenvalue weighted by Crippen LogP contribution is 2.18. The van der Waals surface area contributed by atoms with Crippen molar-refractivity contribution in [3.05, 3.63) is 0 Å². The standard InChI is InChI=1S/C9H19NO.C2H6/c1-4-11-9-5-6-10(3)7-8(9)2;1-2/h8-9H,4-7H2,1-3H3;1-2H3. The second kappa shape index (κ2) is 7.34. The first kappa shape index (κ1) is 12.9. The van der Waals surface area contributed by atoms with Crippen molar-refractivity contribution in [1.82, 2.24) is 4.90 Å². The van der Waals surface area contributed by atoms with Gasteiger partial charge in [-0.05, 0) is 26.3 Å². The Morgan fingerprint density at radius 3 is 2.46 bits per heavy atom. The Bertz CT molecular complexity index is 117. The van der Waals surface area contributed by atoms with Gasteiger partial charge < -0.3 is 9.64 Å². The molecule has 0 aromatic rings. The lowest BCUT2D eigenvalue weighted by atomic mass is 9.97. The molecule has 0 saturated carbocycles. The van der Waals surface area contributed by atoms with Gasteiger partial charge in [-0.1, -0.05) is 20.8 Å². The molecular formula is C11H25NO. The van der Waals surface area contributed by atoms with Crippen LogP contribution in [0.4, 0.5) is 0 Å². The maximum atomic E-state index is 5.62. The largest absolute Gasteiger partial charge is 0.378 e. The summed E-state index contributed by atoms with van der Waals surface area (Å²) in [4.78, 5) is 2.38. The topological polar surface area (TPSA) is 12.5 Å². The Balaban J connectivity index is 0.000000671. The van der Waals surface area contributed by atoms with Gasteiger partial charge in [0, 0.05) is 19.7 Å². The molecule has 1 rings (SSSR count). The van der Waals surface area contributed by atoms with Crippen LogP contribution >= 0.6 is 0 Å². The lowest BCUT2D eigenvalue weighted by Crippen LogP contribution is -2.40. The number of hydrogen-bond acceptors (Lipinski definition) is 2. The normalized spacial score (nSPS) is 29.3. The van der Waals surface area contributed by atoms with Crippen LogP contribution in [0.1, 0.15) is 34.1 Å². The molecule has 0 aromatic carbocycles. The molecule has 1 fully saturated rings. The average Bonchev–Trinajstić information content (AvgIpc) is 2.14. The predicted molar refractivity (Wildman–Crippen MR) is 58.0 cm³/mol. The lowest BCUT2D eigenvalue weighted by Gasteiger charge is -2.34. The molecular weight excluding hydrogens is 162 g/mol. The number of ether oxygens (including phenoxy) is 1. The van der Waals surface area contributed by atoms with Crippen LogP contribution in [0.15, 0.2) is 0 Å². The molecule has 0 radical (unpaired) electrons. The van der Waals surface area contributed by atoms with Gasteiger partial charge in [-0.25, -0.2) is 0 Å². The summed E-state index contributed by atoms with van der Waals surface area (Å²) in [5.41, 5.74) is 0. The molecule has 1 heterocycles. The SMILES string of the molecule is CC.CCOC1CCN(C)CC1C. The summed E-state index contributed by atoms with van der Waals surface area (Å²) in [7, 11) is 2.18. The van der Waals surface area contributed by atoms with Crippen LogP contribution < -0.4 is 0 Å². The molecule has 0 bridgehead atoms. The number of likely N-dealkylation sites (tertiary alicyclic amines) is 1. The molecule has 2 unspecified atom stereocenters. The third-order valence-corrected chi connectivity index (χ3v) is 2.41. The van der Waals surface area contributed by atoms with E-state index in [0.29, 0.717) is 12.0 Å². The van der Waals surface area contributed by atoms with Gasteiger partial charge in [-0.15, -0.1) is 0 Å². The van der Waals surface area contributed by atoms with E-state index in [2.05, 4.69) is 25.8 Å². The molecule has 0 aromatic heterocycles. The van der Waals surface area contributed by atoms with Gasteiger partial charge in [0.2, 0.25) is 0 Å². The summed E-state index contributed by atoms with van der Waals surface area (Å²) >= 11 is 0. The van der Waals surface area contributed by atoms with E-state index in [0.717, 1.165) is 6.61 Å². The summed E-state index contributed by atoms with van der Waals surface area (Å²) in [5, 5.41) is 0. The molecule has 2 heteroatoms. The van der Waals surface area contributed by atoms with E-state index >= 15 is 0 Å². The highest BCUT2D eigenvalue weighted by atomic mass is 16.5. The second-order valence-corrected chi connectivity index (χ2v) is 3.52. The van der Waals surface area contributed by atoms with Crippen LogP contribution in [0.25, 0.3) is 0 Å². The monoisotopic (exact) mass is 187 g/mol. The van der Waals surface area contributed by atoms with Crippen molar-refractivity contribution < 1.29 is 4.74 Å². The van der Waals surface area contributed by atoms with Gasteiger partial charge in [0.15, 0.2) is 0 Å². The van der Waals surface area contributed by atoms with E-state index in [1.54, 1.807) is 0 Å². The number of nitrogens with zero attached hydrogens (tertiary/aromatic N) is 1. The van der Waals surface area contributed by atoms with Crippen molar-refractivity contribution in [1.29, 1.82) is 0 Å². The van der Waals surface area contributed by atoms with Crippen molar-refractivity contribution in [2.24, 2.45) is 5.92 Å². The molecule has 1 aliphatic rings. The summed E-state index contributed by atoms with van der Waals surface area (Å²) in [5.74, 6) is 0.702. The Hall–Kier alpha value is -0.0800. The minimum atomic E-state index is 0.510. The Morgan fingerprint density at radius 1 is 1.38 bits per heavy atom.